The van der Waals surface area contributed by atoms with E-state index in [1.165, 1.54) is 24.3 Å². The Morgan fingerprint density at radius 1 is 0.775 bits per heavy atom. The van der Waals surface area contributed by atoms with Gasteiger partial charge in [0.05, 0.1) is 18.1 Å². The fourth-order valence-corrected chi connectivity index (χ4v) is 5.35. The Morgan fingerprint density at radius 3 is 1.85 bits per heavy atom. The third-order valence-corrected chi connectivity index (χ3v) is 7.73. The fourth-order valence-electron chi connectivity index (χ4n) is 5.35. The highest BCUT2D eigenvalue weighted by Gasteiger charge is 2.44. The number of nitrogens with one attached hydrogen (secondary N) is 1. The van der Waals surface area contributed by atoms with Crippen LogP contribution in [0.1, 0.15) is 40.4 Å². The molecule has 5 nitrogen and oxygen atoms in total. The lowest BCUT2D eigenvalue weighted by molar-refractivity contribution is -0.129. The minimum atomic E-state index is -0.987. The van der Waals surface area contributed by atoms with E-state index < -0.39 is 17.3 Å². The molecule has 1 aliphatic heterocycles. The topological polar surface area (TPSA) is 69.6 Å². The van der Waals surface area contributed by atoms with Crippen molar-refractivity contribution < 1.29 is 23.5 Å². The van der Waals surface area contributed by atoms with E-state index in [-0.39, 0.29) is 24.2 Å². The molecule has 0 aromatic heterocycles. The second-order valence-electron chi connectivity index (χ2n) is 10.1. The zero-order chi connectivity index (χ0) is 28.1. The van der Waals surface area contributed by atoms with Crippen molar-refractivity contribution in [2.45, 2.75) is 24.3 Å². The van der Waals surface area contributed by atoms with Crippen LogP contribution in [0.3, 0.4) is 0 Å². The second kappa shape index (κ2) is 11.8. The standard InChI is InChI=1S/C33H30F2N2O3/c34-28-14-10-24(11-15-28)23-6-8-26(9-7-23)31(39)37-20-18-33(19-21-37,27-12-16-29(35)17-13-27)32(40)36-30(22-38)25-4-2-1-3-5-25/h1-17,30,38H,18-22H2,(H,36,40). The third-order valence-electron chi connectivity index (χ3n) is 7.73. The number of benzene rings is 4. The molecule has 0 radical (unpaired) electrons. The molecule has 1 atom stereocenters. The predicted molar refractivity (Wildman–Crippen MR) is 149 cm³/mol. The van der Waals surface area contributed by atoms with Gasteiger partial charge in [-0.15, -0.1) is 0 Å². The Hall–Kier alpha value is -4.36. The fraction of sp³-hybridized carbons (Fsp3) is 0.212. The van der Waals surface area contributed by atoms with Crippen molar-refractivity contribution in [3.05, 3.63) is 131 Å². The monoisotopic (exact) mass is 540 g/mol. The number of amides is 2. The summed E-state index contributed by atoms with van der Waals surface area (Å²) in [5.74, 6) is -1.11. The Balaban J connectivity index is 1.34. The van der Waals surface area contributed by atoms with Crippen molar-refractivity contribution in [1.82, 2.24) is 10.2 Å². The highest BCUT2D eigenvalue weighted by atomic mass is 19.1. The molecule has 1 saturated heterocycles. The second-order valence-corrected chi connectivity index (χ2v) is 10.1. The molecule has 4 aromatic rings. The van der Waals surface area contributed by atoms with Crippen LogP contribution in [-0.4, -0.2) is 41.5 Å². The largest absolute Gasteiger partial charge is 0.394 e. The molecule has 4 aromatic carbocycles. The first-order valence-electron chi connectivity index (χ1n) is 13.3. The highest BCUT2D eigenvalue weighted by molar-refractivity contribution is 5.95. The van der Waals surface area contributed by atoms with Gasteiger partial charge in [0.2, 0.25) is 5.91 Å². The predicted octanol–water partition coefficient (Wildman–Crippen LogP) is 5.66. The van der Waals surface area contributed by atoms with Crippen LogP contribution in [0.5, 0.6) is 0 Å². The molecule has 1 unspecified atom stereocenters. The number of carbonyl (C=O) groups is 2. The first-order valence-corrected chi connectivity index (χ1v) is 13.3. The summed E-state index contributed by atoms with van der Waals surface area (Å²) in [6.07, 6.45) is 0.688. The van der Waals surface area contributed by atoms with Gasteiger partial charge in [-0.05, 0) is 71.5 Å². The summed E-state index contributed by atoms with van der Waals surface area (Å²) < 4.78 is 27.0. The summed E-state index contributed by atoms with van der Waals surface area (Å²) in [5, 5.41) is 13.0. The van der Waals surface area contributed by atoms with Crippen molar-refractivity contribution in [2.75, 3.05) is 19.7 Å². The zero-order valence-corrected chi connectivity index (χ0v) is 21.9. The Kier molecular flexibility index (Phi) is 8.03. The number of carbonyl (C=O) groups excluding carboxylic acids is 2. The van der Waals surface area contributed by atoms with Crippen molar-refractivity contribution in [3.63, 3.8) is 0 Å². The van der Waals surface area contributed by atoms with Gasteiger partial charge < -0.3 is 15.3 Å². The molecular weight excluding hydrogens is 510 g/mol. The Bertz CT molecular complexity index is 1450. The van der Waals surface area contributed by atoms with E-state index >= 15 is 0 Å². The first kappa shape index (κ1) is 27.2. The van der Waals surface area contributed by atoms with Crippen molar-refractivity contribution in [3.8, 4) is 11.1 Å². The minimum Gasteiger partial charge on any atom is -0.394 e. The minimum absolute atomic E-state index is 0.142. The quantitative estimate of drug-likeness (QED) is 0.318. The molecule has 0 aliphatic carbocycles. The van der Waals surface area contributed by atoms with Crippen LogP contribution >= 0.6 is 0 Å². The first-order chi connectivity index (χ1) is 19.4. The Labute approximate surface area is 232 Å². The molecule has 2 N–H and O–H groups in total. The molecule has 0 spiro atoms. The lowest BCUT2D eigenvalue weighted by Crippen LogP contribution is -2.53. The van der Waals surface area contributed by atoms with E-state index in [0.717, 1.165) is 16.7 Å². The van der Waals surface area contributed by atoms with Crippen LogP contribution in [0, 0.1) is 11.6 Å². The average Bonchev–Trinajstić information content (AvgIpc) is 3.00. The van der Waals surface area contributed by atoms with E-state index in [1.54, 1.807) is 41.3 Å². The Morgan fingerprint density at radius 2 is 1.30 bits per heavy atom. The molecule has 7 heteroatoms. The van der Waals surface area contributed by atoms with Crippen LogP contribution < -0.4 is 5.32 Å². The molecule has 1 aliphatic rings. The summed E-state index contributed by atoms with van der Waals surface area (Å²) in [6, 6.07) is 27.9. The van der Waals surface area contributed by atoms with E-state index in [1.807, 2.05) is 42.5 Å². The van der Waals surface area contributed by atoms with Crippen LogP contribution in [0.15, 0.2) is 103 Å². The molecule has 1 heterocycles. The third kappa shape index (κ3) is 5.65. The molecule has 204 valence electrons. The van der Waals surface area contributed by atoms with Gasteiger partial charge in [0.15, 0.2) is 0 Å². The van der Waals surface area contributed by atoms with Gasteiger partial charge in [0.25, 0.3) is 5.91 Å². The molecule has 0 bridgehead atoms. The van der Waals surface area contributed by atoms with Crippen LogP contribution in [0.25, 0.3) is 11.1 Å². The molecule has 2 amide bonds. The molecule has 0 saturated carbocycles. The maximum absolute atomic E-state index is 13.8. The highest BCUT2D eigenvalue weighted by Crippen LogP contribution is 2.37. The van der Waals surface area contributed by atoms with E-state index in [9.17, 15) is 23.5 Å². The summed E-state index contributed by atoms with van der Waals surface area (Å²) in [4.78, 5) is 28.9. The lowest BCUT2D eigenvalue weighted by atomic mass is 9.71. The summed E-state index contributed by atoms with van der Waals surface area (Å²) in [6.45, 7) is 0.394. The normalized spacial score (nSPS) is 15.3. The number of nitrogens with zero attached hydrogens (tertiary/aromatic N) is 1. The van der Waals surface area contributed by atoms with Gasteiger partial charge in [-0.1, -0.05) is 66.7 Å². The maximum atomic E-state index is 13.8. The molecular formula is C33H30F2N2O3. The average molecular weight is 541 g/mol. The van der Waals surface area contributed by atoms with Crippen LogP contribution in [0.2, 0.25) is 0 Å². The lowest BCUT2D eigenvalue weighted by Gasteiger charge is -2.41. The number of rotatable bonds is 7. The number of aliphatic hydroxyl groups is 1. The van der Waals surface area contributed by atoms with Crippen molar-refractivity contribution >= 4 is 11.8 Å². The maximum Gasteiger partial charge on any atom is 0.253 e. The zero-order valence-electron chi connectivity index (χ0n) is 21.9. The van der Waals surface area contributed by atoms with Gasteiger partial charge in [0, 0.05) is 18.7 Å². The smallest absolute Gasteiger partial charge is 0.253 e. The van der Waals surface area contributed by atoms with Gasteiger partial charge in [-0.25, -0.2) is 8.78 Å². The SMILES string of the molecule is O=C(c1ccc(-c2ccc(F)cc2)cc1)N1CCC(C(=O)NC(CO)c2ccccc2)(c2ccc(F)cc2)CC1. The van der Waals surface area contributed by atoms with E-state index in [0.29, 0.717) is 37.1 Å². The van der Waals surface area contributed by atoms with Crippen LogP contribution in [0.4, 0.5) is 8.78 Å². The summed E-state index contributed by atoms with van der Waals surface area (Å²) >= 11 is 0. The van der Waals surface area contributed by atoms with Crippen LogP contribution in [-0.2, 0) is 10.2 Å². The molecule has 40 heavy (non-hydrogen) atoms. The number of hydrogen-bond acceptors (Lipinski definition) is 3. The number of halogens is 2. The van der Waals surface area contributed by atoms with Gasteiger partial charge >= 0.3 is 0 Å². The van der Waals surface area contributed by atoms with Gasteiger partial charge in [-0.3, -0.25) is 9.59 Å². The molecule has 5 rings (SSSR count). The molecule has 1 fully saturated rings. The van der Waals surface area contributed by atoms with Gasteiger partial charge in [-0.2, -0.15) is 0 Å². The van der Waals surface area contributed by atoms with Crippen molar-refractivity contribution in [2.24, 2.45) is 0 Å². The van der Waals surface area contributed by atoms with Gasteiger partial charge in [0.1, 0.15) is 11.6 Å². The van der Waals surface area contributed by atoms with E-state index in [4.69, 9.17) is 0 Å². The number of aliphatic hydroxyl groups excluding tert-OH is 1. The summed E-state index contributed by atoms with van der Waals surface area (Å²) in [5.41, 5.74) is 2.72. The number of piperidine rings is 1. The summed E-state index contributed by atoms with van der Waals surface area (Å²) in [7, 11) is 0. The van der Waals surface area contributed by atoms with Crippen molar-refractivity contribution in [1.29, 1.82) is 0 Å². The number of hydrogen-bond donors (Lipinski definition) is 2. The van der Waals surface area contributed by atoms with E-state index in [2.05, 4.69) is 5.32 Å². The number of likely N-dealkylation sites (tertiary alicyclic amines) is 1.